The minimum atomic E-state index is -0.976. The molecule has 0 radical (unpaired) electrons. The number of aromatic amines is 1. The van der Waals surface area contributed by atoms with Crippen LogP contribution in [0.15, 0.2) is 24.3 Å². The van der Waals surface area contributed by atoms with Gasteiger partial charge in [0.1, 0.15) is 15.7 Å². The van der Waals surface area contributed by atoms with Gasteiger partial charge in [-0.2, -0.15) is 0 Å². The van der Waals surface area contributed by atoms with Gasteiger partial charge in [0.05, 0.1) is 13.0 Å². The number of amides is 1. The van der Waals surface area contributed by atoms with Crippen LogP contribution in [0, 0.1) is 6.92 Å². The molecule has 0 bridgehead atoms. The lowest BCUT2D eigenvalue weighted by Gasteiger charge is -2.15. The van der Waals surface area contributed by atoms with Gasteiger partial charge in [-0.1, -0.05) is 29.5 Å². The monoisotopic (exact) mass is 344 g/mol. The maximum atomic E-state index is 12.8. The zero-order valence-corrected chi connectivity index (χ0v) is 14.1. The number of hydrogen-bond donors (Lipinski definition) is 2. The molecule has 0 spiro atoms. The number of H-pyrrole nitrogens is 1. The highest BCUT2D eigenvalue weighted by Gasteiger charge is 2.23. The summed E-state index contributed by atoms with van der Waals surface area (Å²) in [6.45, 7) is 2.18. The van der Waals surface area contributed by atoms with Crippen molar-refractivity contribution >= 4 is 34.1 Å². The number of aromatic nitrogens is 3. The Labute approximate surface area is 141 Å². The van der Waals surface area contributed by atoms with E-state index in [2.05, 4.69) is 15.2 Å². The molecule has 7 nitrogen and oxygen atoms in total. The Balaban J connectivity index is 1.94. The number of carbonyl (C=O) groups is 2. The van der Waals surface area contributed by atoms with Gasteiger partial charge in [0.2, 0.25) is 0 Å². The second kappa shape index (κ2) is 6.40. The van der Waals surface area contributed by atoms with Crippen LogP contribution in [0.1, 0.15) is 26.1 Å². The van der Waals surface area contributed by atoms with E-state index in [4.69, 9.17) is 0 Å². The van der Waals surface area contributed by atoms with E-state index in [1.165, 1.54) is 16.2 Å². The van der Waals surface area contributed by atoms with Crippen LogP contribution in [0.3, 0.4) is 0 Å². The highest BCUT2D eigenvalue weighted by atomic mass is 32.1. The summed E-state index contributed by atoms with van der Waals surface area (Å²) in [4.78, 5) is 28.5. The van der Waals surface area contributed by atoms with Crippen molar-refractivity contribution in [1.29, 1.82) is 0 Å². The van der Waals surface area contributed by atoms with Crippen LogP contribution in [-0.4, -0.2) is 44.1 Å². The van der Waals surface area contributed by atoms with Crippen molar-refractivity contribution in [3.63, 3.8) is 0 Å². The van der Waals surface area contributed by atoms with Crippen LogP contribution in [-0.2, 0) is 17.8 Å². The van der Waals surface area contributed by atoms with E-state index in [1.54, 1.807) is 7.05 Å². The van der Waals surface area contributed by atoms with Gasteiger partial charge in [-0.25, -0.2) is 0 Å². The molecule has 2 N–H and O–H groups in total. The molecular formula is C16H16N4O3S. The minimum absolute atomic E-state index is 0.211. The molecule has 1 aromatic carbocycles. The number of benzene rings is 1. The van der Waals surface area contributed by atoms with E-state index in [1.807, 2.05) is 31.2 Å². The van der Waals surface area contributed by atoms with Crippen molar-refractivity contribution in [2.75, 3.05) is 7.05 Å². The van der Waals surface area contributed by atoms with Crippen LogP contribution < -0.4 is 0 Å². The second-order valence-corrected chi connectivity index (χ2v) is 6.74. The molecule has 3 rings (SSSR count). The molecule has 8 heteroatoms. The molecule has 1 amide bonds. The fourth-order valence-electron chi connectivity index (χ4n) is 2.58. The van der Waals surface area contributed by atoms with Crippen molar-refractivity contribution in [2.24, 2.45) is 0 Å². The third-order valence-corrected chi connectivity index (χ3v) is 4.47. The Kier molecular flexibility index (Phi) is 4.30. The lowest BCUT2D eigenvalue weighted by atomic mass is 10.1. The van der Waals surface area contributed by atoms with Crippen molar-refractivity contribution in [1.82, 2.24) is 20.1 Å². The summed E-state index contributed by atoms with van der Waals surface area (Å²) in [6.07, 6.45) is -0.211. The van der Waals surface area contributed by atoms with E-state index >= 15 is 0 Å². The molecule has 0 aliphatic carbocycles. The fourth-order valence-corrected chi connectivity index (χ4v) is 3.35. The Morgan fingerprint density at radius 2 is 2.04 bits per heavy atom. The standard InChI is InChI=1S/C16H16N4O3S/c1-9-18-19-13(24-9)8-20(2)16(23)15-11(7-14(21)22)10-5-3-4-6-12(10)17-15/h3-6,17H,7-8H2,1-2H3,(H,21,22). The van der Waals surface area contributed by atoms with Crippen LogP contribution in [0.25, 0.3) is 10.9 Å². The first kappa shape index (κ1) is 16.1. The van der Waals surface area contributed by atoms with Gasteiger partial charge >= 0.3 is 5.97 Å². The van der Waals surface area contributed by atoms with Crippen molar-refractivity contribution in [3.05, 3.63) is 45.5 Å². The van der Waals surface area contributed by atoms with Gasteiger partial charge in [-0.15, -0.1) is 10.2 Å². The Morgan fingerprint density at radius 1 is 1.29 bits per heavy atom. The number of carboxylic acids is 1. The Bertz CT molecular complexity index is 915. The third kappa shape index (κ3) is 3.13. The molecule has 0 saturated carbocycles. The maximum absolute atomic E-state index is 12.8. The van der Waals surface area contributed by atoms with Crippen LogP contribution in [0.5, 0.6) is 0 Å². The average Bonchev–Trinajstić information content (AvgIpc) is 3.10. The minimum Gasteiger partial charge on any atom is -0.481 e. The smallest absolute Gasteiger partial charge is 0.307 e. The predicted octanol–water partition coefficient (Wildman–Crippen LogP) is 2.23. The molecule has 0 aliphatic rings. The zero-order chi connectivity index (χ0) is 17.3. The summed E-state index contributed by atoms with van der Waals surface area (Å²) in [5.74, 6) is -1.24. The van der Waals surface area contributed by atoms with Crippen LogP contribution in [0.2, 0.25) is 0 Å². The first-order chi connectivity index (χ1) is 11.5. The quantitative estimate of drug-likeness (QED) is 0.739. The van der Waals surface area contributed by atoms with E-state index in [-0.39, 0.29) is 12.3 Å². The number of nitrogens with zero attached hydrogens (tertiary/aromatic N) is 3. The number of nitrogens with one attached hydrogen (secondary N) is 1. The largest absolute Gasteiger partial charge is 0.481 e. The van der Waals surface area contributed by atoms with E-state index in [0.717, 1.165) is 20.9 Å². The first-order valence-electron chi connectivity index (χ1n) is 7.31. The van der Waals surface area contributed by atoms with E-state index in [0.29, 0.717) is 17.8 Å². The molecule has 0 fully saturated rings. The highest BCUT2D eigenvalue weighted by Crippen LogP contribution is 2.24. The molecule has 124 valence electrons. The second-order valence-electron chi connectivity index (χ2n) is 5.47. The lowest BCUT2D eigenvalue weighted by Crippen LogP contribution is -2.27. The number of para-hydroxylation sites is 1. The molecular weight excluding hydrogens is 328 g/mol. The van der Waals surface area contributed by atoms with Gasteiger partial charge in [0.25, 0.3) is 5.91 Å². The number of rotatable bonds is 5. The van der Waals surface area contributed by atoms with Crippen LogP contribution >= 0.6 is 11.3 Å². The lowest BCUT2D eigenvalue weighted by molar-refractivity contribution is -0.136. The van der Waals surface area contributed by atoms with Gasteiger partial charge in [0.15, 0.2) is 0 Å². The van der Waals surface area contributed by atoms with E-state index < -0.39 is 5.97 Å². The molecule has 24 heavy (non-hydrogen) atoms. The number of aryl methyl sites for hydroxylation is 1. The molecule has 0 aliphatic heterocycles. The Hall–Kier alpha value is -2.74. The topological polar surface area (TPSA) is 99.2 Å². The van der Waals surface area contributed by atoms with Gasteiger partial charge in [-0.3, -0.25) is 9.59 Å². The molecule has 0 saturated heterocycles. The summed E-state index contributed by atoms with van der Waals surface area (Å²) in [5, 5.41) is 19.5. The van der Waals surface area contributed by atoms with Gasteiger partial charge < -0.3 is 15.0 Å². The summed E-state index contributed by atoms with van der Waals surface area (Å²) >= 11 is 1.43. The summed E-state index contributed by atoms with van der Waals surface area (Å²) < 4.78 is 0. The van der Waals surface area contributed by atoms with Gasteiger partial charge in [0, 0.05) is 23.5 Å². The highest BCUT2D eigenvalue weighted by molar-refractivity contribution is 7.11. The number of fused-ring (bicyclic) bond motifs is 1. The number of hydrogen-bond acceptors (Lipinski definition) is 5. The normalized spacial score (nSPS) is 10.9. The molecule has 3 aromatic rings. The van der Waals surface area contributed by atoms with Crippen molar-refractivity contribution in [2.45, 2.75) is 19.9 Å². The summed E-state index contributed by atoms with van der Waals surface area (Å²) in [6, 6.07) is 7.30. The number of aliphatic carboxylic acids is 1. The average molecular weight is 344 g/mol. The summed E-state index contributed by atoms with van der Waals surface area (Å²) in [5.41, 5.74) is 1.56. The molecule has 0 unspecified atom stereocenters. The number of carboxylic acid groups (broad SMARTS) is 1. The molecule has 2 heterocycles. The van der Waals surface area contributed by atoms with Crippen LogP contribution in [0.4, 0.5) is 0 Å². The zero-order valence-electron chi connectivity index (χ0n) is 13.2. The summed E-state index contributed by atoms with van der Waals surface area (Å²) in [7, 11) is 1.66. The predicted molar refractivity (Wildman–Crippen MR) is 90.1 cm³/mol. The van der Waals surface area contributed by atoms with Gasteiger partial charge in [-0.05, 0) is 13.0 Å². The van der Waals surface area contributed by atoms with Crippen molar-refractivity contribution in [3.8, 4) is 0 Å². The van der Waals surface area contributed by atoms with Crippen molar-refractivity contribution < 1.29 is 14.7 Å². The number of carbonyl (C=O) groups excluding carboxylic acids is 1. The van der Waals surface area contributed by atoms with E-state index in [9.17, 15) is 14.7 Å². The first-order valence-corrected chi connectivity index (χ1v) is 8.13. The Morgan fingerprint density at radius 3 is 2.71 bits per heavy atom. The molecule has 0 atom stereocenters. The maximum Gasteiger partial charge on any atom is 0.307 e. The molecule has 2 aromatic heterocycles. The SMILES string of the molecule is Cc1nnc(CN(C)C(=O)c2[nH]c3ccccc3c2CC(=O)O)s1. The fraction of sp³-hybridized carbons (Fsp3) is 0.250. The third-order valence-electron chi connectivity index (χ3n) is 3.64.